The van der Waals surface area contributed by atoms with Crippen molar-refractivity contribution in [2.75, 3.05) is 11.9 Å². The Kier molecular flexibility index (Phi) is 5.32. The molecule has 0 aromatic carbocycles. The quantitative estimate of drug-likeness (QED) is 0.806. The number of likely N-dealkylation sites (tertiary alicyclic amines) is 1. The Labute approximate surface area is 155 Å². The van der Waals surface area contributed by atoms with Gasteiger partial charge in [-0.2, -0.15) is 0 Å². The summed E-state index contributed by atoms with van der Waals surface area (Å²) in [6.45, 7) is 2.61. The van der Waals surface area contributed by atoms with Crippen molar-refractivity contribution in [3.05, 3.63) is 46.4 Å². The second-order valence-corrected chi connectivity index (χ2v) is 7.43. The number of carbonyl (C=O) groups excluding carboxylic acids is 3. The molecule has 3 N–H and O–H groups in total. The van der Waals surface area contributed by atoms with Gasteiger partial charge in [0.15, 0.2) is 0 Å². The first kappa shape index (κ1) is 18.1. The van der Waals surface area contributed by atoms with E-state index in [2.05, 4.69) is 17.2 Å². The van der Waals surface area contributed by atoms with E-state index in [1.165, 1.54) is 18.5 Å². The van der Waals surface area contributed by atoms with Crippen molar-refractivity contribution in [3.63, 3.8) is 0 Å². The van der Waals surface area contributed by atoms with Gasteiger partial charge in [0.05, 0.1) is 23.5 Å². The van der Waals surface area contributed by atoms with Gasteiger partial charge in [-0.05, 0) is 36.3 Å². The van der Waals surface area contributed by atoms with Gasteiger partial charge in [0.1, 0.15) is 0 Å². The maximum absolute atomic E-state index is 12.8. The molecule has 1 aliphatic rings. The van der Waals surface area contributed by atoms with Crippen LogP contribution in [0, 0.1) is 5.92 Å². The minimum Gasteiger partial charge on any atom is -0.366 e. The van der Waals surface area contributed by atoms with E-state index in [9.17, 15) is 14.4 Å². The van der Waals surface area contributed by atoms with Crippen LogP contribution in [0.4, 0.5) is 5.69 Å². The molecular weight excluding hydrogens is 352 g/mol. The Morgan fingerprint density at radius 2 is 2.12 bits per heavy atom. The van der Waals surface area contributed by atoms with Crippen LogP contribution in [0.25, 0.3) is 0 Å². The lowest BCUT2D eigenvalue weighted by Crippen LogP contribution is -2.46. The van der Waals surface area contributed by atoms with E-state index in [1.54, 1.807) is 16.2 Å². The molecule has 0 radical (unpaired) electrons. The molecule has 7 nitrogen and oxygen atoms in total. The van der Waals surface area contributed by atoms with E-state index in [1.807, 2.05) is 17.5 Å². The van der Waals surface area contributed by atoms with Crippen molar-refractivity contribution in [1.29, 1.82) is 0 Å². The average Bonchev–Trinajstić information content (AvgIpc) is 3.15. The fourth-order valence-electron chi connectivity index (χ4n) is 3.11. The van der Waals surface area contributed by atoms with Crippen LogP contribution in [0.3, 0.4) is 0 Å². The van der Waals surface area contributed by atoms with Gasteiger partial charge in [0, 0.05) is 17.6 Å². The molecule has 2 aromatic heterocycles. The van der Waals surface area contributed by atoms with Crippen molar-refractivity contribution < 1.29 is 14.4 Å². The molecule has 0 saturated carbocycles. The fraction of sp³-hybridized carbons (Fsp3) is 0.333. The van der Waals surface area contributed by atoms with Crippen molar-refractivity contribution in [2.24, 2.45) is 11.7 Å². The summed E-state index contributed by atoms with van der Waals surface area (Å²) in [5, 5.41) is 4.49. The highest BCUT2D eigenvalue weighted by Gasteiger charge is 2.34. The Bertz CT molecular complexity index is 822. The zero-order chi connectivity index (χ0) is 18.7. The normalized spacial score (nSPS) is 19.8. The number of nitrogens with two attached hydrogens (primary N) is 1. The number of piperidine rings is 1. The van der Waals surface area contributed by atoms with Crippen LogP contribution in [0.15, 0.2) is 36.0 Å². The summed E-state index contributed by atoms with van der Waals surface area (Å²) in [5.41, 5.74) is 5.64. The highest BCUT2D eigenvalue weighted by Crippen LogP contribution is 2.35. The van der Waals surface area contributed by atoms with Crippen LogP contribution in [0.1, 0.15) is 41.0 Å². The Hall–Kier alpha value is -2.74. The van der Waals surface area contributed by atoms with Crippen LogP contribution >= 0.6 is 11.3 Å². The molecule has 26 heavy (non-hydrogen) atoms. The third-order valence-corrected chi connectivity index (χ3v) is 5.40. The summed E-state index contributed by atoms with van der Waals surface area (Å²) in [5.74, 6) is -1.64. The molecule has 8 heteroatoms. The zero-order valence-electron chi connectivity index (χ0n) is 14.3. The molecule has 1 aliphatic heterocycles. The monoisotopic (exact) mass is 372 g/mol. The lowest BCUT2D eigenvalue weighted by atomic mass is 9.93. The number of pyridine rings is 1. The number of rotatable bonds is 3. The molecule has 0 aliphatic carbocycles. The summed E-state index contributed by atoms with van der Waals surface area (Å²) in [6, 6.07) is 5.25. The van der Waals surface area contributed by atoms with E-state index < -0.39 is 17.7 Å². The third-order valence-electron chi connectivity index (χ3n) is 4.42. The Morgan fingerprint density at radius 3 is 2.81 bits per heavy atom. The number of hydrogen-bond acceptors (Lipinski definition) is 5. The van der Waals surface area contributed by atoms with Crippen molar-refractivity contribution >= 4 is 34.7 Å². The minimum atomic E-state index is -0.746. The van der Waals surface area contributed by atoms with Gasteiger partial charge in [-0.1, -0.05) is 13.0 Å². The number of amides is 3. The second kappa shape index (κ2) is 7.65. The summed E-state index contributed by atoms with van der Waals surface area (Å²) in [6.07, 6.45) is 4.52. The summed E-state index contributed by atoms with van der Waals surface area (Å²) < 4.78 is 0. The molecule has 3 rings (SSSR count). The van der Waals surface area contributed by atoms with E-state index >= 15 is 0 Å². The number of carbonyl (C=O) groups is 3. The Morgan fingerprint density at radius 1 is 1.31 bits per heavy atom. The summed E-state index contributed by atoms with van der Waals surface area (Å²) in [4.78, 5) is 43.1. The molecule has 1 fully saturated rings. The largest absolute Gasteiger partial charge is 0.366 e. The molecule has 3 amide bonds. The lowest BCUT2D eigenvalue weighted by molar-refractivity contribution is -0.146. The lowest BCUT2D eigenvalue weighted by Gasteiger charge is -2.37. The van der Waals surface area contributed by atoms with Crippen molar-refractivity contribution in [3.8, 4) is 0 Å². The van der Waals surface area contributed by atoms with Gasteiger partial charge in [0.25, 0.3) is 0 Å². The zero-order valence-corrected chi connectivity index (χ0v) is 15.2. The van der Waals surface area contributed by atoms with Crippen LogP contribution in [-0.2, 0) is 9.59 Å². The highest BCUT2D eigenvalue weighted by molar-refractivity contribution is 7.10. The molecule has 1 saturated heterocycles. The SMILES string of the molecule is C[C@@H]1CC[C@H](c2cccs2)N(C(=O)C(=O)Nc2cncc(C(N)=O)c2)C1. The predicted octanol–water partition coefficient (Wildman–Crippen LogP) is 2.18. The number of anilines is 1. The molecule has 2 atom stereocenters. The molecule has 2 aromatic rings. The van der Waals surface area contributed by atoms with Gasteiger partial charge in [0.2, 0.25) is 5.91 Å². The molecule has 3 heterocycles. The predicted molar refractivity (Wildman–Crippen MR) is 98.6 cm³/mol. The van der Waals surface area contributed by atoms with Gasteiger partial charge in [-0.3, -0.25) is 19.4 Å². The summed E-state index contributed by atoms with van der Waals surface area (Å²) in [7, 11) is 0. The smallest absolute Gasteiger partial charge is 0.313 e. The minimum absolute atomic E-state index is 0.0838. The molecule has 136 valence electrons. The van der Waals surface area contributed by atoms with E-state index in [0.717, 1.165) is 17.7 Å². The first-order valence-corrected chi connectivity index (χ1v) is 9.24. The van der Waals surface area contributed by atoms with Gasteiger partial charge >= 0.3 is 11.8 Å². The highest BCUT2D eigenvalue weighted by atomic mass is 32.1. The van der Waals surface area contributed by atoms with Gasteiger partial charge in [-0.25, -0.2) is 0 Å². The number of primary amides is 1. The van der Waals surface area contributed by atoms with E-state index in [-0.39, 0.29) is 17.3 Å². The molecule has 0 unspecified atom stereocenters. The standard InChI is InChI=1S/C18H20N4O3S/c1-11-4-5-14(15-3-2-6-26-15)22(10-11)18(25)17(24)21-13-7-12(16(19)23)8-20-9-13/h2-3,6-9,11,14H,4-5,10H2,1H3,(H2,19,23)(H,21,24)/t11-,14-/m1/s1. The van der Waals surface area contributed by atoms with E-state index in [4.69, 9.17) is 5.73 Å². The maximum atomic E-state index is 12.8. The number of nitrogens with one attached hydrogen (secondary N) is 1. The summed E-state index contributed by atoms with van der Waals surface area (Å²) >= 11 is 1.59. The fourth-order valence-corrected chi connectivity index (χ4v) is 3.99. The van der Waals surface area contributed by atoms with Crippen LogP contribution < -0.4 is 11.1 Å². The number of thiophene rings is 1. The van der Waals surface area contributed by atoms with Crippen LogP contribution in [-0.4, -0.2) is 34.2 Å². The third kappa shape index (κ3) is 3.91. The number of hydrogen-bond donors (Lipinski definition) is 2. The van der Waals surface area contributed by atoms with Crippen molar-refractivity contribution in [1.82, 2.24) is 9.88 Å². The second-order valence-electron chi connectivity index (χ2n) is 6.45. The van der Waals surface area contributed by atoms with Crippen LogP contribution in [0.2, 0.25) is 0 Å². The number of aromatic nitrogens is 1. The van der Waals surface area contributed by atoms with Crippen LogP contribution in [0.5, 0.6) is 0 Å². The first-order valence-electron chi connectivity index (χ1n) is 8.36. The average molecular weight is 372 g/mol. The van der Waals surface area contributed by atoms with Crippen molar-refractivity contribution in [2.45, 2.75) is 25.8 Å². The van der Waals surface area contributed by atoms with Gasteiger partial charge < -0.3 is 16.0 Å². The molecular formula is C18H20N4O3S. The molecule has 0 bridgehead atoms. The van der Waals surface area contributed by atoms with E-state index in [0.29, 0.717) is 12.5 Å². The van der Waals surface area contributed by atoms with Gasteiger partial charge in [-0.15, -0.1) is 11.3 Å². The topological polar surface area (TPSA) is 105 Å². The Balaban J connectivity index is 1.76. The number of nitrogens with zero attached hydrogens (tertiary/aromatic N) is 2. The first-order chi connectivity index (χ1) is 12.5. The molecule has 0 spiro atoms. The maximum Gasteiger partial charge on any atom is 0.313 e.